The van der Waals surface area contributed by atoms with Gasteiger partial charge in [-0.05, 0) is 42.7 Å². The molecule has 0 fully saturated rings. The predicted octanol–water partition coefficient (Wildman–Crippen LogP) is 3.86. The first-order valence-electron chi connectivity index (χ1n) is 7.63. The molecule has 0 bridgehead atoms. The standard InChI is InChI=1S/C18H21ClN2O2.ClH/c1-2-16(23-17-6-4-3-5-15(17)19)18(22)21-12-11-13-7-9-14(20)10-8-13;/h3-10,16H,2,11-12,20H2,1H3,(H,21,22);1H. The maximum Gasteiger partial charge on any atom is 0.261 e. The number of ether oxygens (including phenoxy) is 1. The lowest BCUT2D eigenvalue weighted by atomic mass is 10.1. The summed E-state index contributed by atoms with van der Waals surface area (Å²) in [5.41, 5.74) is 7.51. The Kier molecular flexibility index (Phi) is 8.44. The molecule has 0 aliphatic heterocycles. The van der Waals surface area contributed by atoms with Gasteiger partial charge in [-0.3, -0.25) is 4.79 Å². The van der Waals surface area contributed by atoms with Crippen molar-refractivity contribution < 1.29 is 9.53 Å². The van der Waals surface area contributed by atoms with Gasteiger partial charge in [-0.2, -0.15) is 0 Å². The summed E-state index contributed by atoms with van der Waals surface area (Å²) in [5, 5.41) is 3.40. The summed E-state index contributed by atoms with van der Waals surface area (Å²) in [6.45, 7) is 2.45. The molecule has 0 spiro atoms. The molecule has 1 amide bonds. The van der Waals surface area contributed by atoms with Crippen molar-refractivity contribution in [3.63, 3.8) is 0 Å². The lowest BCUT2D eigenvalue weighted by Crippen LogP contribution is -2.39. The van der Waals surface area contributed by atoms with Crippen LogP contribution in [0.1, 0.15) is 18.9 Å². The van der Waals surface area contributed by atoms with E-state index in [1.807, 2.05) is 43.3 Å². The number of anilines is 1. The van der Waals surface area contributed by atoms with Crippen LogP contribution in [0.25, 0.3) is 0 Å². The van der Waals surface area contributed by atoms with Gasteiger partial charge < -0.3 is 15.8 Å². The van der Waals surface area contributed by atoms with Crippen LogP contribution in [0.15, 0.2) is 48.5 Å². The van der Waals surface area contributed by atoms with Crippen molar-refractivity contribution in [2.45, 2.75) is 25.9 Å². The SMILES string of the molecule is CCC(Oc1ccccc1Cl)C(=O)NCCc1ccc(N)cc1.Cl. The van der Waals surface area contributed by atoms with E-state index < -0.39 is 6.10 Å². The van der Waals surface area contributed by atoms with E-state index in [1.165, 1.54) is 0 Å². The third-order valence-electron chi connectivity index (χ3n) is 3.46. The van der Waals surface area contributed by atoms with Gasteiger partial charge in [0.15, 0.2) is 6.10 Å². The summed E-state index contributed by atoms with van der Waals surface area (Å²) in [6, 6.07) is 14.8. The van der Waals surface area contributed by atoms with Crippen LogP contribution in [0.5, 0.6) is 5.75 Å². The van der Waals surface area contributed by atoms with E-state index in [9.17, 15) is 4.79 Å². The zero-order valence-electron chi connectivity index (χ0n) is 13.5. The Morgan fingerprint density at radius 1 is 1.21 bits per heavy atom. The van der Waals surface area contributed by atoms with Gasteiger partial charge in [-0.1, -0.05) is 42.8 Å². The summed E-state index contributed by atoms with van der Waals surface area (Å²) in [5.74, 6) is 0.387. The van der Waals surface area contributed by atoms with Crippen LogP contribution in [0.3, 0.4) is 0 Å². The average Bonchev–Trinajstić information content (AvgIpc) is 2.56. The highest BCUT2D eigenvalue weighted by Crippen LogP contribution is 2.24. The van der Waals surface area contributed by atoms with Crippen LogP contribution in [0.2, 0.25) is 5.02 Å². The molecule has 2 aromatic rings. The number of nitrogens with two attached hydrogens (primary N) is 1. The molecule has 3 N–H and O–H groups in total. The van der Waals surface area contributed by atoms with Gasteiger partial charge in [0.1, 0.15) is 5.75 Å². The van der Waals surface area contributed by atoms with Gasteiger partial charge >= 0.3 is 0 Å². The number of amides is 1. The molecular weight excluding hydrogens is 347 g/mol. The van der Waals surface area contributed by atoms with Gasteiger partial charge in [0, 0.05) is 12.2 Å². The quantitative estimate of drug-likeness (QED) is 0.729. The molecule has 24 heavy (non-hydrogen) atoms. The van der Waals surface area contributed by atoms with Crippen LogP contribution >= 0.6 is 24.0 Å². The minimum Gasteiger partial charge on any atom is -0.479 e. The molecule has 0 heterocycles. The second kappa shape index (κ2) is 10.1. The molecule has 0 saturated heterocycles. The van der Waals surface area contributed by atoms with E-state index in [2.05, 4.69) is 5.32 Å². The molecule has 0 aliphatic rings. The molecule has 0 saturated carbocycles. The maximum atomic E-state index is 12.2. The number of hydrogen-bond acceptors (Lipinski definition) is 3. The Bertz CT molecular complexity index is 648. The minimum absolute atomic E-state index is 0. The number of rotatable bonds is 7. The number of halogens is 2. The van der Waals surface area contributed by atoms with Crippen molar-refractivity contribution in [1.82, 2.24) is 5.32 Å². The molecule has 2 aromatic carbocycles. The number of benzene rings is 2. The van der Waals surface area contributed by atoms with Gasteiger partial charge in [0.05, 0.1) is 5.02 Å². The van der Waals surface area contributed by atoms with E-state index in [-0.39, 0.29) is 18.3 Å². The predicted molar refractivity (Wildman–Crippen MR) is 101 cm³/mol. The van der Waals surface area contributed by atoms with Gasteiger partial charge in [-0.15, -0.1) is 12.4 Å². The summed E-state index contributed by atoms with van der Waals surface area (Å²) >= 11 is 6.06. The molecular formula is C18H22Cl2N2O2. The maximum absolute atomic E-state index is 12.2. The lowest BCUT2D eigenvalue weighted by Gasteiger charge is -2.18. The van der Waals surface area contributed by atoms with E-state index in [0.29, 0.717) is 23.7 Å². The number of nitrogen functional groups attached to an aromatic ring is 1. The number of carbonyl (C=O) groups is 1. The van der Waals surface area contributed by atoms with Crippen LogP contribution < -0.4 is 15.8 Å². The van der Waals surface area contributed by atoms with Crippen molar-refractivity contribution in [3.05, 3.63) is 59.1 Å². The van der Waals surface area contributed by atoms with Gasteiger partial charge in [0.25, 0.3) is 5.91 Å². The fraction of sp³-hybridized carbons (Fsp3) is 0.278. The Balaban J connectivity index is 0.00000288. The highest BCUT2D eigenvalue weighted by molar-refractivity contribution is 6.32. The molecule has 0 aromatic heterocycles. The third kappa shape index (κ3) is 5.95. The molecule has 0 aliphatic carbocycles. The zero-order valence-corrected chi connectivity index (χ0v) is 15.1. The molecule has 4 nitrogen and oxygen atoms in total. The fourth-order valence-electron chi connectivity index (χ4n) is 2.14. The Morgan fingerprint density at radius 3 is 2.50 bits per heavy atom. The minimum atomic E-state index is -0.554. The summed E-state index contributed by atoms with van der Waals surface area (Å²) in [4.78, 5) is 12.2. The highest BCUT2D eigenvalue weighted by Gasteiger charge is 2.18. The Hall–Kier alpha value is -1.91. The normalized spacial score (nSPS) is 11.2. The molecule has 0 radical (unpaired) electrons. The topological polar surface area (TPSA) is 64.3 Å². The second-order valence-electron chi connectivity index (χ2n) is 5.23. The highest BCUT2D eigenvalue weighted by atomic mass is 35.5. The summed E-state index contributed by atoms with van der Waals surface area (Å²) in [7, 11) is 0. The number of para-hydroxylation sites is 1. The molecule has 2 rings (SSSR count). The average molecular weight is 369 g/mol. The molecule has 1 atom stereocenters. The number of nitrogens with one attached hydrogen (secondary N) is 1. The monoisotopic (exact) mass is 368 g/mol. The van der Waals surface area contributed by atoms with Crippen molar-refractivity contribution in [3.8, 4) is 5.75 Å². The van der Waals surface area contributed by atoms with E-state index in [1.54, 1.807) is 12.1 Å². The first kappa shape index (κ1) is 20.1. The summed E-state index contributed by atoms with van der Waals surface area (Å²) < 4.78 is 5.71. The zero-order chi connectivity index (χ0) is 16.7. The van der Waals surface area contributed by atoms with Crippen molar-refractivity contribution in [2.75, 3.05) is 12.3 Å². The van der Waals surface area contributed by atoms with Crippen LogP contribution in [-0.2, 0) is 11.2 Å². The van der Waals surface area contributed by atoms with Gasteiger partial charge in [-0.25, -0.2) is 0 Å². The van der Waals surface area contributed by atoms with E-state index in [0.717, 1.165) is 17.7 Å². The van der Waals surface area contributed by atoms with E-state index in [4.69, 9.17) is 22.1 Å². The second-order valence-corrected chi connectivity index (χ2v) is 5.63. The molecule has 6 heteroatoms. The van der Waals surface area contributed by atoms with Crippen LogP contribution in [0, 0.1) is 0 Å². The first-order valence-corrected chi connectivity index (χ1v) is 8.01. The van der Waals surface area contributed by atoms with E-state index >= 15 is 0 Å². The number of carbonyl (C=O) groups excluding carboxylic acids is 1. The van der Waals surface area contributed by atoms with Crippen molar-refractivity contribution in [2.24, 2.45) is 0 Å². The Labute approximate surface area is 153 Å². The van der Waals surface area contributed by atoms with Crippen LogP contribution in [-0.4, -0.2) is 18.6 Å². The van der Waals surface area contributed by atoms with Crippen LogP contribution in [0.4, 0.5) is 5.69 Å². The molecule has 130 valence electrons. The summed E-state index contributed by atoms with van der Waals surface area (Å²) in [6.07, 6.45) is 0.759. The third-order valence-corrected chi connectivity index (χ3v) is 3.77. The Morgan fingerprint density at radius 2 is 1.88 bits per heavy atom. The number of hydrogen-bond donors (Lipinski definition) is 2. The largest absolute Gasteiger partial charge is 0.479 e. The fourth-order valence-corrected chi connectivity index (χ4v) is 2.32. The van der Waals surface area contributed by atoms with Gasteiger partial charge in [0.2, 0.25) is 0 Å². The smallest absolute Gasteiger partial charge is 0.261 e. The first-order chi connectivity index (χ1) is 11.1. The molecule has 1 unspecified atom stereocenters. The van der Waals surface area contributed by atoms with Crippen molar-refractivity contribution >= 4 is 35.6 Å². The van der Waals surface area contributed by atoms with Crippen molar-refractivity contribution in [1.29, 1.82) is 0 Å². The lowest BCUT2D eigenvalue weighted by molar-refractivity contribution is -0.128.